The lowest BCUT2D eigenvalue weighted by atomic mass is 10.1. The summed E-state index contributed by atoms with van der Waals surface area (Å²) in [6, 6.07) is 14.6. The van der Waals surface area contributed by atoms with Crippen molar-refractivity contribution in [1.29, 1.82) is 0 Å². The Morgan fingerprint density at radius 3 is 2.44 bits per heavy atom. The van der Waals surface area contributed by atoms with Crippen molar-refractivity contribution in [3.63, 3.8) is 0 Å². The number of methoxy groups -OCH3 is 1. The van der Waals surface area contributed by atoms with E-state index < -0.39 is 0 Å². The van der Waals surface area contributed by atoms with Crippen LogP contribution in [0.15, 0.2) is 53.6 Å². The number of aryl methyl sites for hydroxylation is 2. The maximum absolute atomic E-state index is 12.5. The predicted molar refractivity (Wildman–Crippen MR) is 124 cm³/mol. The van der Waals surface area contributed by atoms with Crippen LogP contribution in [0.5, 0.6) is 5.75 Å². The number of hydrazone groups is 1. The van der Waals surface area contributed by atoms with Crippen LogP contribution in [0, 0.1) is 20.8 Å². The Bertz CT molecular complexity index is 1160. The Labute approximate surface area is 187 Å². The molecular formula is C25H27N3O4. The van der Waals surface area contributed by atoms with E-state index in [4.69, 9.17) is 9.47 Å². The van der Waals surface area contributed by atoms with E-state index in [1.807, 2.05) is 45.0 Å². The summed E-state index contributed by atoms with van der Waals surface area (Å²) < 4.78 is 12.4. The van der Waals surface area contributed by atoms with Crippen molar-refractivity contribution >= 4 is 18.1 Å². The summed E-state index contributed by atoms with van der Waals surface area (Å²) in [5, 5.41) is 4.13. The van der Waals surface area contributed by atoms with Crippen LogP contribution in [-0.4, -0.2) is 36.4 Å². The third-order valence-electron chi connectivity index (χ3n) is 5.08. The highest BCUT2D eigenvalue weighted by atomic mass is 16.5. The summed E-state index contributed by atoms with van der Waals surface area (Å²) in [7, 11) is 1.53. The van der Waals surface area contributed by atoms with Gasteiger partial charge in [-0.3, -0.25) is 4.79 Å². The van der Waals surface area contributed by atoms with Gasteiger partial charge in [0.05, 0.1) is 31.1 Å². The molecule has 1 aromatic heterocycles. The van der Waals surface area contributed by atoms with E-state index in [9.17, 15) is 9.59 Å². The summed E-state index contributed by atoms with van der Waals surface area (Å²) in [5.41, 5.74) is 8.23. The van der Waals surface area contributed by atoms with Crippen LogP contribution in [-0.2, 0) is 4.74 Å². The number of esters is 1. The van der Waals surface area contributed by atoms with E-state index in [-0.39, 0.29) is 11.9 Å². The fraction of sp³-hybridized carbons (Fsp3) is 0.240. The molecule has 7 nitrogen and oxygen atoms in total. The molecular weight excluding hydrogens is 406 g/mol. The van der Waals surface area contributed by atoms with Crippen molar-refractivity contribution < 1.29 is 19.1 Å². The highest BCUT2D eigenvalue weighted by Crippen LogP contribution is 2.21. The van der Waals surface area contributed by atoms with Crippen LogP contribution >= 0.6 is 0 Å². The number of hydrogen-bond acceptors (Lipinski definition) is 5. The van der Waals surface area contributed by atoms with Gasteiger partial charge in [-0.1, -0.05) is 6.07 Å². The van der Waals surface area contributed by atoms with Gasteiger partial charge in [0, 0.05) is 22.6 Å². The van der Waals surface area contributed by atoms with Crippen molar-refractivity contribution in [2.75, 3.05) is 13.7 Å². The van der Waals surface area contributed by atoms with Crippen molar-refractivity contribution in [2.45, 2.75) is 27.7 Å². The third kappa shape index (κ3) is 4.88. The molecule has 1 amide bonds. The first-order valence-electron chi connectivity index (χ1n) is 10.3. The molecule has 0 unspecified atom stereocenters. The number of carbonyl (C=O) groups is 2. The van der Waals surface area contributed by atoms with Crippen LogP contribution in [0.3, 0.4) is 0 Å². The number of carbonyl (C=O) groups excluding carboxylic acids is 2. The van der Waals surface area contributed by atoms with Gasteiger partial charge in [0.25, 0.3) is 5.91 Å². The molecule has 0 radical (unpaired) electrons. The van der Waals surface area contributed by atoms with Gasteiger partial charge in [-0.2, -0.15) is 5.10 Å². The Balaban J connectivity index is 1.77. The van der Waals surface area contributed by atoms with Crippen molar-refractivity contribution in [1.82, 2.24) is 9.99 Å². The zero-order valence-corrected chi connectivity index (χ0v) is 18.9. The molecule has 166 valence electrons. The second-order valence-corrected chi connectivity index (χ2v) is 7.33. The van der Waals surface area contributed by atoms with Gasteiger partial charge in [0.15, 0.2) is 0 Å². The van der Waals surface area contributed by atoms with E-state index in [0.717, 1.165) is 28.2 Å². The lowest BCUT2D eigenvalue weighted by Crippen LogP contribution is -2.18. The highest BCUT2D eigenvalue weighted by Gasteiger charge is 2.13. The number of benzene rings is 2. The minimum Gasteiger partial charge on any atom is -0.496 e. The summed E-state index contributed by atoms with van der Waals surface area (Å²) in [4.78, 5) is 24.4. The average molecular weight is 434 g/mol. The minimum atomic E-state index is -0.346. The molecule has 3 aromatic rings. The molecule has 7 heteroatoms. The number of nitrogens with one attached hydrogen (secondary N) is 1. The van der Waals surface area contributed by atoms with E-state index in [0.29, 0.717) is 23.5 Å². The third-order valence-corrected chi connectivity index (χ3v) is 5.08. The van der Waals surface area contributed by atoms with Gasteiger partial charge in [-0.05, 0) is 75.7 Å². The van der Waals surface area contributed by atoms with Gasteiger partial charge in [-0.25, -0.2) is 10.2 Å². The van der Waals surface area contributed by atoms with Gasteiger partial charge in [0.2, 0.25) is 0 Å². The topological polar surface area (TPSA) is 81.9 Å². The Kier molecular flexibility index (Phi) is 7.10. The van der Waals surface area contributed by atoms with E-state index >= 15 is 0 Å². The van der Waals surface area contributed by atoms with Crippen molar-refractivity contribution in [3.8, 4) is 11.4 Å². The molecule has 0 saturated carbocycles. The largest absolute Gasteiger partial charge is 0.496 e. The van der Waals surface area contributed by atoms with Crippen LogP contribution < -0.4 is 10.2 Å². The average Bonchev–Trinajstić information content (AvgIpc) is 3.06. The summed E-state index contributed by atoms with van der Waals surface area (Å²) >= 11 is 0. The normalized spacial score (nSPS) is 10.9. The highest BCUT2D eigenvalue weighted by molar-refractivity contribution is 5.97. The second kappa shape index (κ2) is 9.96. The van der Waals surface area contributed by atoms with E-state index in [1.54, 1.807) is 37.4 Å². The standard InChI is InChI=1S/C25H27N3O4/c1-6-32-25(30)19-8-10-21(11-9-19)28-17(3)14-20(18(28)4)15-26-27-24(29)22-12-7-16(2)13-23(22)31-5/h7-15H,6H2,1-5H3,(H,27,29)/b26-15-. The van der Waals surface area contributed by atoms with E-state index in [2.05, 4.69) is 15.1 Å². The Morgan fingerprint density at radius 1 is 1.06 bits per heavy atom. The number of amides is 1. The molecule has 3 rings (SSSR count). The lowest BCUT2D eigenvalue weighted by molar-refractivity contribution is 0.0526. The molecule has 1 N–H and O–H groups in total. The number of rotatable bonds is 7. The zero-order chi connectivity index (χ0) is 23.3. The molecule has 32 heavy (non-hydrogen) atoms. The first-order chi connectivity index (χ1) is 15.3. The van der Waals surface area contributed by atoms with Crippen LogP contribution in [0.25, 0.3) is 5.69 Å². The van der Waals surface area contributed by atoms with Gasteiger partial charge >= 0.3 is 5.97 Å². The predicted octanol–water partition coefficient (Wildman–Crippen LogP) is 4.35. The molecule has 1 heterocycles. The summed E-state index contributed by atoms with van der Waals surface area (Å²) in [6.45, 7) is 8.01. The first-order valence-corrected chi connectivity index (χ1v) is 10.3. The lowest BCUT2D eigenvalue weighted by Gasteiger charge is -2.10. The van der Waals surface area contributed by atoms with Crippen molar-refractivity contribution in [3.05, 3.63) is 82.2 Å². The van der Waals surface area contributed by atoms with Crippen LogP contribution in [0.4, 0.5) is 0 Å². The summed E-state index contributed by atoms with van der Waals surface area (Å²) in [5.74, 6) is -0.183. The molecule has 0 aliphatic carbocycles. The molecule has 0 bridgehead atoms. The summed E-state index contributed by atoms with van der Waals surface area (Å²) in [6.07, 6.45) is 1.62. The molecule has 0 fully saturated rings. The van der Waals surface area contributed by atoms with Crippen LogP contribution in [0.2, 0.25) is 0 Å². The Morgan fingerprint density at radius 2 is 1.78 bits per heavy atom. The molecule has 2 aromatic carbocycles. The maximum atomic E-state index is 12.5. The molecule has 0 atom stereocenters. The van der Waals surface area contributed by atoms with E-state index in [1.165, 1.54) is 7.11 Å². The first kappa shape index (κ1) is 22.8. The molecule has 0 saturated heterocycles. The fourth-order valence-corrected chi connectivity index (χ4v) is 3.48. The number of aromatic nitrogens is 1. The minimum absolute atomic E-state index is 0.339. The zero-order valence-electron chi connectivity index (χ0n) is 18.9. The SMILES string of the molecule is CCOC(=O)c1ccc(-n2c(C)cc(/C=N\NC(=O)c3ccc(C)cc3OC)c2C)cc1. The molecule has 0 aliphatic heterocycles. The number of nitrogens with zero attached hydrogens (tertiary/aromatic N) is 2. The Hall–Kier alpha value is -3.87. The van der Waals surface area contributed by atoms with Crippen molar-refractivity contribution in [2.24, 2.45) is 5.10 Å². The second-order valence-electron chi connectivity index (χ2n) is 7.33. The molecule has 0 spiro atoms. The maximum Gasteiger partial charge on any atom is 0.338 e. The molecule has 0 aliphatic rings. The quantitative estimate of drug-likeness (QED) is 0.341. The monoisotopic (exact) mass is 433 g/mol. The van der Waals surface area contributed by atoms with Gasteiger partial charge in [-0.15, -0.1) is 0 Å². The number of hydrogen-bond donors (Lipinski definition) is 1. The van der Waals surface area contributed by atoms with Crippen LogP contribution in [0.1, 0.15) is 50.2 Å². The number of ether oxygens (including phenoxy) is 2. The van der Waals surface area contributed by atoms with Gasteiger partial charge in [0.1, 0.15) is 5.75 Å². The smallest absolute Gasteiger partial charge is 0.338 e. The fourth-order valence-electron chi connectivity index (χ4n) is 3.48. The van der Waals surface area contributed by atoms with Gasteiger partial charge < -0.3 is 14.0 Å².